The van der Waals surface area contributed by atoms with Gasteiger partial charge in [0.1, 0.15) is 5.75 Å². The predicted octanol–water partition coefficient (Wildman–Crippen LogP) is 2.59. The van der Waals surface area contributed by atoms with Crippen molar-refractivity contribution in [3.05, 3.63) is 42.5 Å². The molecule has 1 aliphatic heterocycles. The Morgan fingerprint density at radius 1 is 1.25 bits per heavy atom. The minimum Gasteiger partial charge on any atom is -0.493 e. The molecule has 1 aliphatic rings. The lowest BCUT2D eigenvalue weighted by molar-refractivity contribution is -0.156. The zero-order chi connectivity index (χ0) is 14.4. The SMILES string of the molecule is COC(=O)[C@@H]1C=C[C@H](C)[C@H](CCOc2ccccc2)O1. The Labute approximate surface area is 119 Å². The number of para-hydroxylation sites is 1. The molecule has 0 saturated carbocycles. The Morgan fingerprint density at radius 3 is 2.70 bits per heavy atom. The monoisotopic (exact) mass is 276 g/mol. The van der Waals surface area contributed by atoms with Gasteiger partial charge in [0.2, 0.25) is 0 Å². The van der Waals surface area contributed by atoms with Crippen LogP contribution in [0, 0.1) is 5.92 Å². The highest BCUT2D eigenvalue weighted by atomic mass is 16.6. The summed E-state index contributed by atoms with van der Waals surface area (Å²) in [6.07, 6.45) is 3.85. The molecule has 0 bridgehead atoms. The standard InChI is InChI=1S/C16H20O4/c1-12-8-9-15(16(17)18-2)20-14(12)10-11-19-13-6-4-3-5-7-13/h3-9,12,14-15H,10-11H2,1-2H3/t12-,14-,15-/m0/s1. The molecule has 4 heteroatoms. The van der Waals surface area contributed by atoms with Crippen LogP contribution in [0.25, 0.3) is 0 Å². The number of ether oxygens (including phenoxy) is 3. The van der Waals surface area contributed by atoms with Gasteiger partial charge in [0.25, 0.3) is 0 Å². The number of methoxy groups -OCH3 is 1. The van der Waals surface area contributed by atoms with Crippen LogP contribution in [0.3, 0.4) is 0 Å². The van der Waals surface area contributed by atoms with Crippen LogP contribution in [0.5, 0.6) is 5.75 Å². The van der Waals surface area contributed by atoms with Crippen LogP contribution in [0.15, 0.2) is 42.5 Å². The highest BCUT2D eigenvalue weighted by molar-refractivity contribution is 5.76. The van der Waals surface area contributed by atoms with Gasteiger partial charge in [-0.15, -0.1) is 0 Å². The molecule has 0 unspecified atom stereocenters. The highest BCUT2D eigenvalue weighted by Crippen LogP contribution is 2.22. The fraction of sp³-hybridized carbons (Fsp3) is 0.438. The molecule has 0 aromatic heterocycles. The summed E-state index contributed by atoms with van der Waals surface area (Å²) in [7, 11) is 1.37. The normalized spacial score (nSPS) is 25.2. The molecule has 0 radical (unpaired) electrons. The first-order valence-corrected chi connectivity index (χ1v) is 6.80. The average Bonchev–Trinajstić information content (AvgIpc) is 2.49. The van der Waals surface area contributed by atoms with Gasteiger partial charge in [-0.2, -0.15) is 0 Å². The fourth-order valence-electron chi connectivity index (χ4n) is 2.15. The van der Waals surface area contributed by atoms with E-state index in [4.69, 9.17) is 14.2 Å². The molecular weight excluding hydrogens is 256 g/mol. The predicted molar refractivity (Wildman–Crippen MR) is 75.5 cm³/mol. The molecule has 0 spiro atoms. The van der Waals surface area contributed by atoms with Crippen molar-refractivity contribution in [1.29, 1.82) is 0 Å². The summed E-state index contributed by atoms with van der Waals surface area (Å²) in [5.74, 6) is 0.744. The van der Waals surface area contributed by atoms with E-state index in [2.05, 4.69) is 6.92 Å². The summed E-state index contributed by atoms with van der Waals surface area (Å²) in [6.45, 7) is 2.62. The number of rotatable bonds is 5. The molecule has 0 saturated heterocycles. The maximum absolute atomic E-state index is 11.5. The smallest absolute Gasteiger partial charge is 0.339 e. The van der Waals surface area contributed by atoms with E-state index in [0.29, 0.717) is 6.61 Å². The molecule has 20 heavy (non-hydrogen) atoms. The molecule has 1 heterocycles. The lowest BCUT2D eigenvalue weighted by Crippen LogP contribution is -2.36. The summed E-state index contributed by atoms with van der Waals surface area (Å²) in [5.41, 5.74) is 0. The Morgan fingerprint density at radius 2 is 2.00 bits per heavy atom. The maximum atomic E-state index is 11.5. The first kappa shape index (κ1) is 14.6. The van der Waals surface area contributed by atoms with Crippen molar-refractivity contribution in [1.82, 2.24) is 0 Å². The van der Waals surface area contributed by atoms with Crippen LogP contribution in [-0.4, -0.2) is 31.9 Å². The number of benzene rings is 1. The molecule has 0 N–H and O–H groups in total. The molecule has 4 nitrogen and oxygen atoms in total. The average molecular weight is 276 g/mol. The van der Waals surface area contributed by atoms with Gasteiger partial charge in [-0.1, -0.05) is 31.2 Å². The molecule has 1 aromatic carbocycles. The van der Waals surface area contributed by atoms with E-state index in [1.165, 1.54) is 7.11 Å². The Balaban J connectivity index is 1.83. The van der Waals surface area contributed by atoms with Crippen LogP contribution < -0.4 is 4.74 Å². The third-order valence-corrected chi connectivity index (χ3v) is 3.35. The molecule has 0 aliphatic carbocycles. The van der Waals surface area contributed by atoms with E-state index in [1.807, 2.05) is 36.4 Å². The lowest BCUT2D eigenvalue weighted by Gasteiger charge is -2.29. The Hall–Kier alpha value is -1.81. The number of hydrogen-bond acceptors (Lipinski definition) is 4. The fourth-order valence-corrected chi connectivity index (χ4v) is 2.15. The van der Waals surface area contributed by atoms with Crippen molar-refractivity contribution in [2.75, 3.05) is 13.7 Å². The van der Waals surface area contributed by atoms with E-state index in [9.17, 15) is 4.79 Å². The van der Waals surface area contributed by atoms with Gasteiger partial charge in [0.15, 0.2) is 6.10 Å². The molecule has 2 rings (SSSR count). The second-order valence-corrected chi connectivity index (χ2v) is 4.81. The Bertz CT molecular complexity index is 455. The largest absolute Gasteiger partial charge is 0.493 e. The minimum absolute atomic E-state index is 0.0344. The van der Waals surface area contributed by atoms with Crippen LogP contribution in [-0.2, 0) is 14.3 Å². The van der Waals surface area contributed by atoms with Gasteiger partial charge in [0, 0.05) is 12.3 Å². The van der Waals surface area contributed by atoms with Gasteiger partial charge in [-0.25, -0.2) is 4.79 Å². The van der Waals surface area contributed by atoms with Crippen molar-refractivity contribution in [2.24, 2.45) is 5.92 Å². The van der Waals surface area contributed by atoms with Crippen molar-refractivity contribution in [3.63, 3.8) is 0 Å². The van der Waals surface area contributed by atoms with Crippen molar-refractivity contribution < 1.29 is 19.0 Å². The topological polar surface area (TPSA) is 44.8 Å². The summed E-state index contributed by atoms with van der Waals surface area (Å²) in [6, 6.07) is 9.66. The molecular formula is C16H20O4. The summed E-state index contributed by atoms with van der Waals surface area (Å²) < 4.78 is 16.1. The van der Waals surface area contributed by atoms with Crippen LogP contribution in [0.2, 0.25) is 0 Å². The molecule has 108 valence electrons. The quantitative estimate of drug-likeness (QED) is 0.612. The third-order valence-electron chi connectivity index (χ3n) is 3.35. The van der Waals surface area contributed by atoms with Gasteiger partial charge in [0.05, 0.1) is 19.8 Å². The van der Waals surface area contributed by atoms with Gasteiger partial charge in [-0.3, -0.25) is 0 Å². The minimum atomic E-state index is -0.599. The van der Waals surface area contributed by atoms with E-state index >= 15 is 0 Å². The lowest BCUT2D eigenvalue weighted by atomic mass is 9.98. The zero-order valence-electron chi connectivity index (χ0n) is 11.8. The van der Waals surface area contributed by atoms with Crippen LogP contribution in [0.4, 0.5) is 0 Å². The first-order chi connectivity index (χ1) is 9.70. The van der Waals surface area contributed by atoms with Crippen LogP contribution >= 0.6 is 0 Å². The summed E-state index contributed by atoms with van der Waals surface area (Å²) >= 11 is 0. The molecule has 0 amide bonds. The third kappa shape index (κ3) is 3.84. The first-order valence-electron chi connectivity index (χ1n) is 6.80. The number of esters is 1. The number of carbonyl (C=O) groups is 1. The molecule has 3 atom stereocenters. The summed E-state index contributed by atoms with van der Waals surface area (Å²) in [5, 5.41) is 0. The number of carbonyl (C=O) groups excluding carboxylic acids is 1. The Kier molecular flexibility index (Phi) is 5.18. The van der Waals surface area contributed by atoms with E-state index in [-0.39, 0.29) is 18.0 Å². The van der Waals surface area contributed by atoms with Gasteiger partial charge in [-0.05, 0) is 18.2 Å². The second-order valence-electron chi connectivity index (χ2n) is 4.81. The van der Waals surface area contributed by atoms with Gasteiger partial charge < -0.3 is 14.2 Å². The van der Waals surface area contributed by atoms with Gasteiger partial charge >= 0.3 is 5.97 Å². The number of hydrogen-bond donors (Lipinski definition) is 0. The molecule has 1 aromatic rings. The highest BCUT2D eigenvalue weighted by Gasteiger charge is 2.28. The van der Waals surface area contributed by atoms with Crippen LogP contribution in [0.1, 0.15) is 13.3 Å². The summed E-state index contributed by atoms with van der Waals surface area (Å²) in [4.78, 5) is 11.5. The molecule has 0 fully saturated rings. The van der Waals surface area contributed by atoms with E-state index in [0.717, 1.165) is 12.2 Å². The second kappa shape index (κ2) is 7.10. The maximum Gasteiger partial charge on any atom is 0.339 e. The van der Waals surface area contributed by atoms with E-state index in [1.54, 1.807) is 6.08 Å². The van der Waals surface area contributed by atoms with Crippen molar-refractivity contribution >= 4 is 5.97 Å². The zero-order valence-corrected chi connectivity index (χ0v) is 11.8. The van der Waals surface area contributed by atoms with Crippen molar-refractivity contribution in [2.45, 2.75) is 25.6 Å². The van der Waals surface area contributed by atoms with E-state index < -0.39 is 6.10 Å². The van der Waals surface area contributed by atoms with Crippen molar-refractivity contribution in [3.8, 4) is 5.75 Å².